The summed E-state index contributed by atoms with van der Waals surface area (Å²) in [4.78, 5) is 13.6. The highest BCUT2D eigenvalue weighted by molar-refractivity contribution is 8.13. The Labute approximate surface area is 127 Å². The first-order valence-corrected chi connectivity index (χ1v) is 8.69. The van der Waals surface area contributed by atoms with E-state index in [1.807, 2.05) is 0 Å². The Kier molecular flexibility index (Phi) is 4.85. The predicted molar refractivity (Wildman–Crippen MR) is 75.4 cm³/mol. The summed E-state index contributed by atoms with van der Waals surface area (Å²) in [6.45, 7) is 0.661. The van der Waals surface area contributed by atoms with Crippen LogP contribution < -0.4 is 0 Å². The number of carbonyl (C=O) groups excluding carboxylic acids is 1. The van der Waals surface area contributed by atoms with Gasteiger partial charge in [-0.1, -0.05) is 0 Å². The zero-order valence-corrected chi connectivity index (χ0v) is 13.0. The van der Waals surface area contributed by atoms with Crippen molar-refractivity contribution in [1.82, 2.24) is 4.90 Å². The highest BCUT2D eigenvalue weighted by Gasteiger charge is 2.34. The van der Waals surface area contributed by atoms with Crippen LogP contribution in [0.1, 0.15) is 23.2 Å². The summed E-state index contributed by atoms with van der Waals surface area (Å²) in [7, 11) is 2.73. The number of nitrogens with zero attached hydrogens (tertiary/aromatic N) is 1. The molecule has 0 atom stereocenters. The molecule has 2 rings (SSSR count). The quantitative estimate of drug-likeness (QED) is 0.746. The van der Waals surface area contributed by atoms with Crippen molar-refractivity contribution in [3.05, 3.63) is 29.6 Å². The van der Waals surface area contributed by atoms with Gasteiger partial charge in [-0.15, -0.1) is 0 Å². The molecule has 1 aromatic rings. The van der Waals surface area contributed by atoms with Gasteiger partial charge in [0.2, 0.25) is 0 Å². The van der Waals surface area contributed by atoms with Crippen molar-refractivity contribution >= 4 is 25.6 Å². The Morgan fingerprint density at radius 3 is 2.67 bits per heavy atom. The summed E-state index contributed by atoms with van der Waals surface area (Å²) in [6.07, 6.45) is 1.70. The monoisotopic (exact) mass is 335 g/mol. The molecule has 0 heterocycles. The van der Waals surface area contributed by atoms with Gasteiger partial charge in [-0.25, -0.2) is 12.8 Å². The second kappa shape index (κ2) is 6.29. The smallest absolute Gasteiger partial charge is 0.261 e. The lowest BCUT2D eigenvalue weighted by molar-refractivity contribution is 0.0675. The Morgan fingerprint density at radius 1 is 1.48 bits per heavy atom. The summed E-state index contributed by atoms with van der Waals surface area (Å²) in [6, 6.07) is 3.00. The van der Waals surface area contributed by atoms with Gasteiger partial charge in [-0.05, 0) is 31.0 Å². The van der Waals surface area contributed by atoms with Crippen LogP contribution >= 0.6 is 10.7 Å². The van der Waals surface area contributed by atoms with Crippen LogP contribution in [0.15, 0.2) is 23.1 Å². The lowest BCUT2D eigenvalue weighted by Gasteiger charge is -2.22. The number of hydrogen-bond donors (Lipinski definition) is 0. The first-order chi connectivity index (χ1) is 9.84. The van der Waals surface area contributed by atoms with Gasteiger partial charge in [0, 0.05) is 30.4 Å². The molecule has 5 nitrogen and oxygen atoms in total. The summed E-state index contributed by atoms with van der Waals surface area (Å²) in [5.41, 5.74) is -0.292. The van der Waals surface area contributed by atoms with Crippen LogP contribution in [0.25, 0.3) is 0 Å². The molecule has 1 saturated carbocycles. The van der Waals surface area contributed by atoms with E-state index in [2.05, 4.69) is 0 Å². The molecule has 0 unspecified atom stereocenters. The fourth-order valence-corrected chi connectivity index (χ4v) is 2.78. The lowest BCUT2D eigenvalue weighted by atomic mass is 10.2. The second-order valence-electron chi connectivity index (χ2n) is 4.80. The van der Waals surface area contributed by atoms with Crippen molar-refractivity contribution in [3.63, 3.8) is 0 Å². The minimum atomic E-state index is -4.01. The van der Waals surface area contributed by atoms with Crippen LogP contribution in [-0.2, 0) is 13.8 Å². The van der Waals surface area contributed by atoms with E-state index in [9.17, 15) is 17.6 Å². The number of methoxy groups -OCH3 is 1. The van der Waals surface area contributed by atoms with Gasteiger partial charge in [0.15, 0.2) is 0 Å². The molecular formula is C13H15ClFNO4S. The van der Waals surface area contributed by atoms with E-state index < -0.39 is 20.8 Å². The number of carbonyl (C=O) groups is 1. The van der Waals surface area contributed by atoms with Gasteiger partial charge in [0.05, 0.1) is 17.1 Å². The fourth-order valence-electron chi connectivity index (χ4n) is 2.00. The van der Waals surface area contributed by atoms with Crippen LogP contribution in [0, 0.1) is 5.82 Å². The third-order valence-corrected chi connectivity index (χ3v) is 4.59. The Hall–Kier alpha value is -1.18. The second-order valence-corrected chi connectivity index (χ2v) is 7.37. The zero-order valence-electron chi connectivity index (χ0n) is 11.4. The summed E-state index contributed by atoms with van der Waals surface area (Å²) < 4.78 is 41.4. The van der Waals surface area contributed by atoms with Crippen molar-refractivity contribution in [1.29, 1.82) is 0 Å². The van der Waals surface area contributed by atoms with Gasteiger partial charge < -0.3 is 9.64 Å². The average Bonchev–Trinajstić information content (AvgIpc) is 3.22. The molecule has 1 fully saturated rings. The molecule has 0 radical (unpaired) electrons. The van der Waals surface area contributed by atoms with Crippen molar-refractivity contribution in [2.24, 2.45) is 0 Å². The largest absolute Gasteiger partial charge is 0.383 e. The number of benzene rings is 1. The highest BCUT2D eigenvalue weighted by Crippen LogP contribution is 2.29. The number of amides is 1. The van der Waals surface area contributed by atoms with E-state index in [-0.39, 0.29) is 16.5 Å². The van der Waals surface area contributed by atoms with Crippen LogP contribution in [0.3, 0.4) is 0 Å². The molecule has 0 bridgehead atoms. The maximum absolute atomic E-state index is 13.9. The van der Waals surface area contributed by atoms with E-state index >= 15 is 0 Å². The predicted octanol–water partition coefficient (Wildman–Crippen LogP) is 2.00. The SMILES string of the molecule is COCCN(C(=O)c1cc(S(=O)(=O)Cl)ccc1F)C1CC1. The van der Waals surface area contributed by atoms with Gasteiger partial charge in [0.1, 0.15) is 5.82 Å². The maximum Gasteiger partial charge on any atom is 0.261 e. The third kappa shape index (κ3) is 3.93. The first kappa shape index (κ1) is 16.2. The van der Waals surface area contributed by atoms with Crippen LogP contribution in [-0.4, -0.2) is 45.5 Å². The summed E-state index contributed by atoms with van der Waals surface area (Å²) in [5.74, 6) is -1.32. The molecule has 0 saturated heterocycles. The molecular weight excluding hydrogens is 321 g/mol. The molecule has 21 heavy (non-hydrogen) atoms. The molecule has 1 aromatic carbocycles. The Bertz CT molecular complexity index is 646. The summed E-state index contributed by atoms with van der Waals surface area (Å²) >= 11 is 0. The minimum Gasteiger partial charge on any atom is -0.383 e. The molecule has 0 aliphatic heterocycles. The third-order valence-electron chi connectivity index (χ3n) is 3.23. The molecule has 1 aliphatic rings. The average molecular weight is 336 g/mol. The number of ether oxygens (including phenoxy) is 1. The Balaban J connectivity index is 2.32. The molecule has 116 valence electrons. The van der Waals surface area contributed by atoms with Crippen molar-refractivity contribution in [2.45, 2.75) is 23.8 Å². The van der Waals surface area contributed by atoms with Gasteiger partial charge in [-0.3, -0.25) is 4.79 Å². The normalized spacial score (nSPS) is 15.0. The van der Waals surface area contributed by atoms with Crippen LogP contribution in [0.4, 0.5) is 4.39 Å². The molecule has 0 N–H and O–H groups in total. The molecule has 1 aliphatic carbocycles. The first-order valence-electron chi connectivity index (χ1n) is 6.38. The van der Waals surface area contributed by atoms with Crippen molar-refractivity contribution in [2.75, 3.05) is 20.3 Å². The fraction of sp³-hybridized carbons (Fsp3) is 0.462. The Morgan fingerprint density at radius 2 is 2.14 bits per heavy atom. The topological polar surface area (TPSA) is 63.7 Å². The van der Waals surface area contributed by atoms with E-state index in [0.29, 0.717) is 13.2 Å². The van der Waals surface area contributed by atoms with Crippen molar-refractivity contribution in [3.8, 4) is 0 Å². The minimum absolute atomic E-state index is 0.0586. The van der Waals surface area contributed by atoms with E-state index in [1.165, 1.54) is 12.0 Å². The van der Waals surface area contributed by atoms with E-state index in [4.69, 9.17) is 15.4 Å². The van der Waals surface area contributed by atoms with Gasteiger partial charge in [-0.2, -0.15) is 0 Å². The molecule has 8 heteroatoms. The van der Waals surface area contributed by atoms with Gasteiger partial charge >= 0.3 is 0 Å². The van der Waals surface area contributed by atoms with Crippen LogP contribution in [0.5, 0.6) is 0 Å². The number of rotatable bonds is 6. The zero-order chi connectivity index (χ0) is 15.6. The maximum atomic E-state index is 13.9. The molecule has 1 amide bonds. The summed E-state index contributed by atoms with van der Waals surface area (Å²) in [5, 5.41) is 0. The molecule has 0 spiro atoms. The van der Waals surface area contributed by atoms with E-state index in [0.717, 1.165) is 31.0 Å². The standard InChI is InChI=1S/C13H15ClFNO4S/c1-20-7-6-16(9-2-3-9)13(17)11-8-10(21(14,18)19)4-5-12(11)15/h4-5,8-9H,2-3,6-7H2,1H3. The lowest BCUT2D eigenvalue weighted by Crippen LogP contribution is -2.36. The highest BCUT2D eigenvalue weighted by atomic mass is 35.7. The van der Waals surface area contributed by atoms with Gasteiger partial charge in [0.25, 0.3) is 15.0 Å². The number of halogens is 2. The number of hydrogen-bond acceptors (Lipinski definition) is 4. The van der Waals surface area contributed by atoms with Crippen molar-refractivity contribution < 1.29 is 22.3 Å². The molecule has 0 aromatic heterocycles. The van der Waals surface area contributed by atoms with E-state index in [1.54, 1.807) is 0 Å². The van der Waals surface area contributed by atoms with Crippen LogP contribution in [0.2, 0.25) is 0 Å².